The molecule has 0 aliphatic heterocycles. The summed E-state index contributed by atoms with van der Waals surface area (Å²) in [6, 6.07) is 13.6. The van der Waals surface area contributed by atoms with Crippen molar-refractivity contribution in [3.8, 4) is 22.8 Å². The van der Waals surface area contributed by atoms with Gasteiger partial charge in [0, 0.05) is 37.5 Å². The molecule has 0 unspecified atom stereocenters. The van der Waals surface area contributed by atoms with E-state index in [0.29, 0.717) is 18.3 Å². The van der Waals surface area contributed by atoms with Crippen LogP contribution < -0.4 is 10.6 Å². The highest BCUT2D eigenvalue weighted by Crippen LogP contribution is 2.26. The quantitative estimate of drug-likeness (QED) is 0.612. The smallest absolute Gasteiger partial charge is 0.326 e. The maximum absolute atomic E-state index is 11.9. The number of fused-ring (bicyclic) bond motifs is 1. The molecule has 0 spiro atoms. The zero-order valence-corrected chi connectivity index (χ0v) is 14.9. The molecule has 0 bridgehead atoms. The van der Waals surface area contributed by atoms with Crippen LogP contribution in [0.2, 0.25) is 0 Å². The lowest BCUT2D eigenvalue weighted by atomic mass is 10.1. The van der Waals surface area contributed by atoms with Gasteiger partial charge in [-0.3, -0.25) is 4.57 Å². The molecule has 2 aromatic heterocycles. The fourth-order valence-electron chi connectivity index (χ4n) is 2.99. The summed E-state index contributed by atoms with van der Waals surface area (Å²) in [4.78, 5) is 21.3. The number of nitrogens with one attached hydrogen (secondary N) is 1. The Labute approximate surface area is 149 Å². The molecule has 0 saturated heterocycles. The number of hydrogen-bond donors (Lipinski definition) is 1. The zero-order valence-electron chi connectivity index (χ0n) is 14.9. The Hall–Kier alpha value is -3.35. The zero-order chi connectivity index (χ0) is 18.3. The van der Waals surface area contributed by atoms with Crippen LogP contribution >= 0.6 is 0 Å². The maximum atomic E-state index is 11.9. The van der Waals surface area contributed by atoms with Crippen molar-refractivity contribution in [1.29, 1.82) is 0 Å². The topological polar surface area (TPSA) is 80.0 Å². The van der Waals surface area contributed by atoms with Crippen LogP contribution in [0.1, 0.15) is 6.92 Å². The summed E-state index contributed by atoms with van der Waals surface area (Å²) in [6.45, 7) is 2.56. The van der Waals surface area contributed by atoms with E-state index < -0.39 is 0 Å². The lowest BCUT2D eigenvalue weighted by molar-refractivity contribution is 0.432. The van der Waals surface area contributed by atoms with Crippen molar-refractivity contribution in [3.05, 3.63) is 52.9 Å². The average molecular weight is 349 g/mol. The summed E-state index contributed by atoms with van der Waals surface area (Å²) in [5.41, 5.74) is 4.22. The van der Waals surface area contributed by atoms with Gasteiger partial charge in [-0.2, -0.15) is 4.98 Å². The summed E-state index contributed by atoms with van der Waals surface area (Å²) < 4.78 is 7.13. The predicted octanol–water partition coefficient (Wildman–Crippen LogP) is 3.13. The highest BCUT2D eigenvalue weighted by Gasteiger charge is 2.13. The minimum absolute atomic E-state index is 0.117. The number of nitrogens with zero attached hydrogens (tertiary/aromatic N) is 4. The van der Waals surface area contributed by atoms with Gasteiger partial charge in [-0.25, -0.2) is 4.79 Å². The Kier molecular flexibility index (Phi) is 3.84. The number of imidazole rings is 1. The molecular weight excluding hydrogens is 330 g/mol. The van der Waals surface area contributed by atoms with Gasteiger partial charge in [0.1, 0.15) is 0 Å². The molecular formula is C19H19N5O2. The number of aromatic nitrogens is 4. The average Bonchev–Trinajstić information content (AvgIpc) is 3.25. The van der Waals surface area contributed by atoms with Crippen molar-refractivity contribution in [2.75, 3.05) is 19.0 Å². The van der Waals surface area contributed by atoms with Crippen LogP contribution in [0.4, 0.5) is 5.69 Å². The number of anilines is 1. The number of aryl methyl sites for hydroxylation is 1. The van der Waals surface area contributed by atoms with Crippen molar-refractivity contribution >= 4 is 16.7 Å². The molecule has 26 heavy (non-hydrogen) atoms. The first kappa shape index (κ1) is 16.1. The van der Waals surface area contributed by atoms with E-state index in [4.69, 9.17) is 4.52 Å². The molecule has 7 heteroatoms. The van der Waals surface area contributed by atoms with E-state index in [-0.39, 0.29) is 5.69 Å². The second-order valence-electron chi connectivity index (χ2n) is 6.27. The molecule has 0 aliphatic carbocycles. The third-order valence-corrected chi connectivity index (χ3v) is 4.38. The molecule has 0 amide bonds. The van der Waals surface area contributed by atoms with Crippen molar-refractivity contribution in [2.45, 2.75) is 13.5 Å². The van der Waals surface area contributed by atoms with Crippen molar-refractivity contribution in [2.24, 2.45) is 0 Å². The summed E-state index contributed by atoms with van der Waals surface area (Å²) in [5, 5.41) is 4.10. The Bertz CT molecular complexity index is 1140. The third kappa shape index (κ3) is 2.67. The van der Waals surface area contributed by atoms with Crippen LogP contribution in [0.3, 0.4) is 0 Å². The van der Waals surface area contributed by atoms with Crippen LogP contribution in [0, 0.1) is 0 Å². The minimum Gasteiger partial charge on any atom is -0.378 e. The lowest BCUT2D eigenvalue weighted by Crippen LogP contribution is -2.14. The molecule has 132 valence electrons. The van der Waals surface area contributed by atoms with Crippen LogP contribution in [0.25, 0.3) is 33.9 Å². The highest BCUT2D eigenvalue weighted by molar-refractivity contribution is 5.80. The van der Waals surface area contributed by atoms with E-state index in [0.717, 1.165) is 27.8 Å². The number of rotatable bonds is 4. The van der Waals surface area contributed by atoms with Gasteiger partial charge in [0.05, 0.1) is 11.0 Å². The maximum Gasteiger partial charge on any atom is 0.326 e. The summed E-state index contributed by atoms with van der Waals surface area (Å²) in [6.07, 6.45) is 0. The Morgan fingerprint density at radius 2 is 2.00 bits per heavy atom. The van der Waals surface area contributed by atoms with E-state index >= 15 is 0 Å². The van der Waals surface area contributed by atoms with Gasteiger partial charge in [-0.1, -0.05) is 11.2 Å². The van der Waals surface area contributed by atoms with E-state index in [1.807, 2.05) is 68.4 Å². The first-order chi connectivity index (χ1) is 12.6. The van der Waals surface area contributed by atoms with Gasteiger partial charge in [-0.15, -0.1) is 0 Å². The monoisotopic (exact) mass is 349 g/mol. The largest absolute Gasteiger partial charge is 0.378 e. The normalized spacial score (nSPS) is 11.2. The van der Waals surface area contributed by atoms with E-state index in [1.54, 1.807) is 4.57 Å². The fourth-order valence-corrected chi connectivity index (χ4v) is 2.99. The molecule has 0 saturated carbocycles. The second kappa shape index (κ2) is 6.18. The SMILES string of the molecule is CCn1c(=O)[nH]c2cc(-c3noc(-c4cccc(N(C)C)c4)n3)ccc21. The van der Waals surface area contributed by atoms with Gasteiger partial charge < -0.3 is 14.4 Å². The van der Waals surface area contributed by atoms with Crippen LogP contribution in [-0.2, 0) is 6.54 Å². The number of benzene rings is 2. The van der Waals surface area contributed by atoms with Gasteiger partial charge in [0.25, 0.3) is 5.89 Å². The number of aromatic amines is 1. The number of hydrogen-bond acceptors (Lipinski definition) is 5. The van der Waals surface area contributed by atoms with Crippen molar-refractivity contribution in [1.82, 2.24) is 19.7 Å². The van der Waals surface area contributed by atoms with E-state index in [1.165, 1.54) is 0 Å². The Morgan fingerprint density at radius 1 is 1.15 bits per heavy atom. The molecule has 7 nitrogen and oxygen atoms in total. The molecule has 2 aromatic carbocycles. The van der Waals surface area contributed by atoms with E-state index in [9.17, 15) is 4.79 Å². The Morgan fingerprint density at radius 3 is 2.77 bits per heavy atom. The minimum atomic E-state index is -0.117. The van der Waals surface area contributed by atoms with Crippen molar-refractivity contribution < 1.29 is 4.52 Å². The summed E-state index contributed by atoms with van der Waals surface area (Å²) >= 11 is 0. The van der Waals surface area contributed by atoms with Gasteiger partial charge in [0.15, 0.2) is 0 Å². The molecule has 4 aromatic rings. The Balaban J connectivity index is 1.73. The summed E-state index contributed by atoms with van der Waals surface area (Å²) in [7, 11) is 3.97. The van der Waals surface area contributed by atoms with Crippen LogP contribution in [-0.4, -0.2) is 33.8 Å². The van der Waals surface area contributed by atoms with Gasteiger partial charge >= 0.3 is 5.69 Å². The van der Waals surface area contributed by atoms with Crippen LogP contribution in [0.5, 0.6) is 0 Å². The van der Waals surface area contributed by atoms with Crippen molar-refractivity contribution in [3.63, 3.8) is 0 Å². The lowest BCUT2D eigenvalue weighted by Gasteiger charge is -2.12. The third-order valence-electron chi connectivity index (χ3n) is 4.38. The molecule has 2 heterocycles. The molecule has 0 aliphatic rings. The first-order valence-electron chi connectivity index (χ1n) is 8.41. The highest BCUT2D eigenvalue weighted by atomic mass is 16.5. The molecule has 0 fully saturated rings. The number of H-pyrrole nitrogens is 1. The summed E-state index contributed by atoms with van der Waals surface area (Å²) in [5.74, 6) is 0.950. The molecule has 4 rings (SSSR count). The molecule has 0 radical (unpaired) electrons. The predicted molar refractivity (Wildman–Crippen MR) is 101 cm³/mol. The molecule has 1 N–H and O–H groups in total. The van der Waals surface area contributed by atoms with Crippen LogP contribution in [0.15, 0.2) is 51.8 Å². The molecule has 0 atom stereocenters. The van der Waals surface area contributed by atoms with Gasteiger partial charge in [-0.05, 0) is 43.3 Å². The first-order valence-corrected chi connectivity index (χ1v) is 8.41. The second-order valence-corrected chi connectivity index (χ2v) is 6.27. The van der Waals surface area contributed by atoms with E-state index in [2.05, 4.69) is 15.1 Å². The standard InChI is InChI=1S/C19H19N5O2/c1-4-24-16-9-8-12(11-15(16)20-19(24)25)17-21-18(26-22-17)13-6-5-7-14(10-13)23(2)3/h5-11H,4H2,1-3H3,(H,20,25). The fraction of sp³-hybridized carbons (Fsp3) is 0.211. The van der Waals surface area contributed by atoms with Gasteiger partial charge in [0.2, 0.25) is 5.82 Å².